The van der Waals surface area contributed by atoms with Gasteiger partial charge >= 0.3 is 0 Å². The summed E-state index contributed by atoms with van der Waals surface area (Å²) < 4.78 is 5.20. The summed E-state index contributed by atoms with van der Waals surface area (Å²) in [6, 6.07) is 9.58. The predicted molar refractivity (Wildman–Crippen MR) is 89.7 cm³/mol. The molecule has 2 amide bonds. The first-order valence-corrected chi connectivity index (χ1v) is 8.65. The molecule has 1 aromatic carbocycles. The molecule has 1 aliphatic heterocycles. The van der Waals surface area contributed by atoms with Crippen molar-refractivity contribution in [3.05, 3.63) is 36.2 Å². The number of nitrogens with zero attached hydrogens (tertiary/aromatic N) is 3. The van der Waals surface area contributed by atoms with Crippen LogP contribution in [0.25, 0.3) is 0 Å². The summed E-state index contributed by atoms with van der Waals surface area (Å²) >= 11 is 1.20. The SMILES string of the molecule is Cc1nnc(SCC(=O)NC[C@H]2CC(=O)N(c3ccccc3)C2)o1. The van der Waals surface area contributed by atoms with E-state index in [2.05, 4.69) is 15.5 Å². The molecule has 126 valence electrons. The van der Waals surface area contributed by atoms with Crippen molar-refractivity contribution in [2.45, 2.75) is 18.6 Å². The molecule has 1 N–H and O–H groups in total. The van der Waals surface area contributed by atoms with E-state index in [4.69, 9.17) is 4.42 Å². The van der Waals surface area contributed by atoms with E-state index in [-0.39, 0.29) is 23.5 Å². The molecule has 2 heterocycles. The zero-order valence-electron chi connectivity index (χ0n) is 13.3. The van der Waals surface area contributed by atoms with Crippen molar-refractivity contribution in [3.63, 3.8) is 0 Å². The van der Waals surface area contributed by atoms with E-state index in [0.29, 0.717) is 30.6 Å². The fourth-order valence-electron chi connectivity index (χ4n) is 2.55. The Labute approximate surface area is 143 Å². The lowest BCUT2D eigenvalue weighted by atomic mass is 10.1. The van der Waals surface area contributed by atoms with Crippen LogP contribution in [0.3, 0.4) is 0 Å². The maximum atomic E-state index is 12.1. The third kappa shape index (κ3) is 4.14. The fraction of sp³-hybridized carbons (Fsp3) is 0.375. The minimum atomic E-state index is -0.110. The predicted octanol–water partition coefficient (Wildman–Crippen LogP) is 1.64. The number of aromatic nitrogens is 2. The van der Waals surface area contributed by atoms with Crippen molar-refractivity contribution < 1.29 is 14.0 Å². The lowest BCUT2D eigenvalue weighted by molar-refractivity contribution is -0.119. The van der Waals surface area contributed by atoms with Gasteiger partial charge in [0.1, 0.15) is 0 Å². The first-order valence-electron chi connectivity index (χ1n) is 7.67. The summed E-state index contributed by atoms with van der Waals surface area (Å²) in [6.07, 6.45) is 0.450. The second-order valence-corrected chi connectivity index (χ2v) is 6.52. The number of carbonyl (C=O) groups excluding carboxylic acids is 2. The Bertz CT molecular complexity index is 719. The molecule has 1 atom stereocenters. The second-order valence-electron chi connectivity index (χ2n) is 5.59. The van der Waals surface area contributed by atoms with Gasteiger partial charge in [-0.2, -0.15) is 0 Å². The van der Waals surface area contributed by atoms with E-state index >= 15 is 0 Å². The molecule has 1 saturated heterocycles. The van der Waals surface area contributed by atoms with Crippen LogP contribution in [0.1, 0.15) is 12.3 Å². The molecule has 3 rings (SSSR count). The van der Waals surface area contributed by atoms with E-state index in [0.717, 1.165) is 5.69 Å². The highest BCUT2D eigenvalue weighted by atomic mass is 32.2. The number of thioether (sulfide) groups is 1. The Morgan fingerprint density at radius 2 is 2.17 bits per heavy atom. The number of hydrogen-bond acceptors (Lipinski definition) is 6. The third-order valence-electron chi connectivity index (χ3n) is 3.70. The molecule has 1 aliphatic rings. The highest BCUT2D eigenvalue weighted by molar-refractivity contribution is 7.99. The van der Waals surface area contributed by atoms with E-state index in [1.807, 2.05) is 30.3 Å². The summed E-state index contributed by atoms with van der Waals surface area (Å²) in [5.74, 6) is 0.795. The number of carbonyl (C=O) groups is 2. The van der Waals surface area contributed by atoms with Gasteiger partial charge < -0.3 is 14.6 Å². The molecule has 24 heavy (non-hydrogen) atoms. The molecule has 0 radical (unpaired) electrons. The summed E-state index contributed by atoms with van der Waals surface area (Å²) in [4.78, 5) is 25.8. The second kappa shape index (κ2) is 7.48. The minimum Gasteiger partial charge on any atom is -0.416 e. The van der Waals surface area contributed by atoms with E-state index < -0.39 is 0 Å². The Morgan fingerprint density at radius 1 is 1.38 bits per heavy atom. The molecule has 7 nitrogen and oxygen atoms in total. The maximum absolute atomic E-state index is 12.1. The van der Waals surface area contributed by atoms with Crippen LogP contribution in [0.4, 0.5) is 5.69 Å². The van der Waals surface area contributed by atoms with Gasteiger partial charge in [-0.3, -0.25) is 9.59 Å². The molecular weight excluding hydrogens is 328 g/mol. The molecule has 0 spiro atoms. The largest absolute Gasteiger partial charge is 0.416 e. The summed E-state index contributed by atoms with van der Waals surface area (Å²) in [5.41, 5.74) is 0.902. The van der Waals surface area contributed by atoms with E-state index in [9.17, 15) is 9.59 Å². The highest BCUT2D eigenvalue weighted by Crippen LogP contribution is 2.24. The number of para-hydroxylation sites is 1. The zero-order chi connectivity index (χ0) is 16.9. The van der Waals surface area contributed by atoms with E-state index in [1.165, 1.54) is 11.8 Å². The van der Waals surface area contributed by atoms with Gasteiger partial charge in [-0.05, 0) is 12.1 Å². The summed E-state index contributed by atoms with van der Waals surface area (Å²) in [5, 5.41) is 10.8. The molecule has 0 saturated carbocycles. The van der Waals surface area contributed by atoms with Crippen molar-refractivity contribution in [3.8, 4) is 0 Å². The van der Waals surface area contributed by atoms with Gasteiger partial charge in [0.05, 0.1) is 5.75 Å². The van der Waals surface area contributed by atoms with Gasteiger partial charge in [-0.15, -0.1) is 10.2 Å². The summed E-state index contributed by atoms with van der Waals surface area (Å²) in [7, 11) is 0. The normalized spacial score (nSPS) is 17.3. The number of anilines is 1. The van der Waals surface area contributed by atoms with Gasteiger partial charge in [0.25, 0.3) is 5.22 Å². The first-order chi connectivity index (χ1) is 11.6. The minimum absolute atomic E-state index is 0.0937. The number of nitrogens with one attached hydrogen (secondary N) is 1. The quantitative estimate of drug-likeness (QED) is 0.800. The van der Waals surface area contributed by atoms with Gasteiger partial charge in [0.2, 0.25) is 17.7 Å². The molecule has 1 aromatic heterocycles. The number of amides is 2. The van der Waals surface area contributed by atoms with Crippen LogP contribution in [0, 0.1) is 12.8 Å². The van der Waals surface area contributed by atoms with Crippen molar-refractivity contribution in [2.75, 3.05) is 23.7 Å². The lowest BCUT2D eigenvalue weighted by Crippen LogP contribution is -2.32. The highest BCUT2D eigenvalue weighted by Gasteiger charge is 2.30. The third-order valence-corrected chi connectivity index (χ3v) is 4.51. The Kier molecular flexibility index (Phi) is 5.14. The number of rotatable bonds is 6. The van der Waals surface area contributed by atoms with Crippen LogP contribution in [0.2, 0.25) is 0 Å². The summed E-state index contributed by atoms with van der Waals surface area (Å²) in [6.45, 7) is 2.81. The van der Waals surface area contributed by atoms with Crippen LogP contribution in [-0.4, -0.2) is 40.9 Å². The standard InChI is InChI=1S/C16H18N4O3S/c1-11-18-19-16(23-11)24-10-14(21)17-8-12-7-15(22)20(9-12)13-5-3-2-4-6-13/h2-6,12H,7-10H2,1H3,(H,17,21)/t12-/m1/s1. The molecule has 0 unspecified atom stereocenters. The monoisotopic (exact) mass is 346 g/mol. The van der Waals surface area contributed by atoms with E-state index in [1.54, 1.807) is 11.8 Å². The molecule has 0 bridgehead atoms. The Balaban J connectivity index is 1.44. The zero-order valence-corrected chi connectivity index (χ0v) is 14.1. The van der Waals surface area contributed by atoms with Crippen LogP contribution < -0.4 is 10.2 Å². The Morgan fingerprint density at radius 3 is 2.88 bits per heavy atom. The number of hydrogen-bond donors (Lipinski definition) is 1. The van der Waals surface area contributed by atoms with Gasteiger partial charge in [-0.25, -0.2) is 0 Å². The van der Waals surface area contributed by atoms with Crippen LogP contribution in [0.5, 0.6) is 0 Å². The fourth-order valence-corrected chi connectivity index (χ4v) is 3.18. The molecular formula is C16H18N4O3S. The van der Waals surface area contributed by atoms with Crippen LogP contribution in [0.15, 0.2) is 40.0 Å². The first kappa shape index (κ1) is 16.5. The topological polar surface area (TPSA) is 88.3 Å². The number of benzene rings is 1. The van der Waals surface area contributed by atoms with Gasteiger partial charge in [0, 0.05) is 38.0 Å². The van der Waals surface area contributed by atoms with Gasteiger partial charge in [0.15, 0.2) is 0 Å². The van der Waals surface area contributed by atoms with Crippen molar-refractivity contribution >= 4 is 29.3 Å². The average Bonchev–Trinajstić information content (AvgIpc) is 3.17. The van der Waals surface area contributed by atoms with Crippen LogP contribution in [-0.2, 0) is 9.59 Å². The maximum Gasteiger partial charge on any atom is 0.277 e. The molecule has 1 fully saturated rings. The van der Waals surface area contributed by atoms with Crippen molar-refractivity contribution in [2.24, 2.45) is 5.92 Å². The molecule has 2 aromatic rings. The van der Waals surface area contributed by atoms with Crippen molar-refractivity contribution in [1.29, 1.82) is 0 Å². The molecule has 0 aliphatic carbocycles. The number of aryl methyl sites for hydroxylation is 1. The van der Waals surface area contributed by atoms with Crippen molar-refractivity contribution in [1.82, 2.24) is 15.5 Å². The average molecular weight is 346 g/mol. The Hall–Kier alpha value is -2.35. The van der Waals surface area contributed by atoms with Gasteiger partial charge in [-0.1, -0.05) is 30.0 Å². The van der Waals surface area contributed by atoms with Crippen LogP contribution >= 0.6 is 11.8 Å². The smallest absolute Gasteiger partial charge is 0.277 e. The lowest BCUT2D eigenvalue weighted by Gasteiger charge is -2.16. The molecule has 8 heteroatoms.